The summed E-state index contributed by atoms with van der Waals surface area (Å²) >= 11 is 0. The van der Waals surface area contributed by atoms with Crippen molar-refractivity contribution < 1.29 is 9.59 Å². The molecule has 1 atom stereocenters. The molecule has 1 heterocycles. The maximum atomic E-state index is 11.5. The van der Waals surface area contributed by atoms with Crippen LogP contribution in [0, 0.1) is 0 Å². The van der Waals surface area contributed by atoms with Crippen LogP contribution in [-0.4, -0.2) is 22.7 Å². The summed E-state index contributed by atoms with van der Waals surface area (Å²) in [5.74, 6) is -0.600. The van der Waals surface area contributed by atoms with E-state index in [1.165, 1.54) is 25.1 Å². The molecule has 0 spiro atoms. The van der Waals surface area contributed by atoms with E-state index in [9.17, 15) is 14.4 Å². The van der Waals surface area contributed by atoms with Crippen LogP contribution < -0.4 is 10.9 Å². The average Bonchev–Trinajstić information content (AvgIpc) is 2.17. The monoisotopic (exact) mass is 208 g/mol. The molecule has 0 aliphatic rings. The van der Waals surface area contributed by atoms with Gasteiger partial charge in [-0.05, 0) is 19.9 Å². The maximum absolute atomic E-state index is 11.5. The van der Waals surface area contributed by atoms with Gasteiger partial charge in [-0.1, -0.05) is 6.07 Å². The molecule has 1 unspecified atom stereocenters. The van der Waals surface area contributed by atoms with E-state index in [0.717, 1.165) is 0 Å². The van der Waals surface area contributed by atoms with E-state index in [1.54, 1.807) is 6.92 Å². The molecule has 1 rings (SSSR count). The fraction of sp³-hybridized carbons (Fsp3) is 0.300. The Hall–Kier alpha value is -1.91. The second-order valence-electron chi connectivity index (χ2n) is 3.23. The Kier molecular flexibility index (Phi) is 3.38. The summed E-state index contributed by atoms with van der Waals surface area (Å²) in [6, 6.07) is 3.71. The van der Waals surface area contributed by atoms with E-state index < -0.39 is 11.9 Å². The third-order valence-electron chi connectivity index (χ3n) is 1.97. The minimum atomic E-state index is -0.554. The molecule has 0 saturated heterocycles. The first-order valence-electron chi connectivity index (χ1n) is 4.51. The SMILES string of the molecule is CC(=O)C(C)NC(=O)c1cccc(=O)[nH]1. The second-order valence-corrected chi connectivity index (χ2v) is 3.23. The number of aromatic amines is 1. The lowest BCUT2D eigenvalue weighted by Crippen LogP contribution is -2.38. The first-order valence-corrected chi connectivity index (χ1v) is 4.51. The molecular formula is C10H12N2O3. The Morgan fingerprint density at radius 3 is 2.60 bits per heavy atom. The second kappa shape index (κ2) is 4.54. The lowest BCUT2D eigenvalue weighted by Gasteiger charge is -2.09. The molecule has 0 saturated carbocycles. The predicted molar refractivity (Wildman–Crippen MR) is 54.7 cm³/mol. The van der Waals surface area contributed by atoms with E-state index in [1.807, 2.05) is 0 Å². The zero-order chi connectivity index (χ0) is 11.4. The fourth-order valence-corrected chi connectivity index (χ4v) is 0.956. The summed E-state index contributed by atoms with van der Waals surface area (Å²) < 4.78 is 0. The number of rotatable bonds is 3. The van der Waals surface area contributed by atoms with Crippen molar-refractivity contribution in [2.75, 3.05) is 0 Å². The summed E-state index contributed by atoms with van der Waals surface area (Å²) in [6.45, 7) is 2.97. The number of nitrogens with one attached hydrogen (secondary N) is 2. The molecule has 0 bridgehead atoms. The number of hydrogen-bond acceptors (Lipinski definition) is 3. The van der Waals surface area contributed by atoms with Crippen LogP contribution in [0.2, 0.25) is 0 Å². The smallest absolute Gasteiger partial charge is 0.268 e. The Bertz CT molecular complexity index is 436. The Morgan fingerprint density at radius 2 is 2.07 bits per heavy atom. The van der Waals surface area contributed by atoms with E-state index in [2.05, 4.69) is 10.3 Å². The number of pyridine rings is 1. The molecule has 0 aliphatic carbocycles. The van der Waals surface area contributed by atoms with Gasteiger partial charge in [0, 0.05) is 6.07 Å². The summed E-state index contributed by atoms with van der Waals surface area (Å²) in [7, 11) is 0. The lowest BCUT2D eigenvalue weighted by atomic mass is 10.2. The predicted octanol–water partition coefficient (Wildman–Crippen LogP) is 0.0822. The number of amides is 1. The van der Waals surface area contributed by atoms with Gasteiger partial charge in [0.05, 0.1) is 6.04 Å². The number of H-pyrrole nitrogens is 1. The Morgan fingerprint density at radius 1 is 1.40 bits per heavy atom. The van der Waals surface area contributed by atoms with E-state index >= 15 is 0 Å². The molecule has 0 radical (unpaired) electrons. The summed E-state index contributed by atoms with van der Waals surface area (Å²) in [5.41, 5.74) is -0.200. The number of Topliss-reactive ketones (excluding diaryl/α,β-unsaturated/α-hetero) is 1. The van der Waals surface area contributed by atoms with Crippen molar-refractivity contribution in [3.8, 4) is 0 Å². The highest BCUT2D eigenvalue weighted by Crippen LogP contribution is 1.92. The van der Waals surface area contributed by atoms with Crippen LogP contribution in [0.25, 0.3) is 0 Å². The van der Waals surface area contributed by atoms with Crippen LogP contribution in [0.3, 0.4) is 0 Å². The minimum absolute atomic E-state index is 0.137. The zero-order valence-electron chi connectivity index (χ0n) is 8.53. The highest BCUT2D eigenvalue weighted by atomic mass is 16.2. The number of ketones is 1. The number of hydrogen-bond donors (Lipinski definition) is 2. The normalized spacial score (nSPS) is 11.9. The van der Waals surface area contributed by atoms with Crippen LogP contribution in [-0.2, 0) is 4.79 Å². The molecule has 5 heteroatoms. The largest absolute Gasteiger partial charge is 0.341 e. The molecule has 80 valence electrons. The van der Waals surface area contributed by atoms with Gasteiger partial charge in [0.1, 0.15) is 5.69 Å². The third kappa shape index (κ3) is 3.05. The van der Waals surface area contributed by atoms with Crippen molar-refractivity contribution in [2.45, 2.75) is 19.9 Å². The van der Waals surface area contributed by atoms with Crippen molar-refractivity contribution in [2.24, 2.45) is 0 Å². The molecular weight excluding hydrogens is 196 g/mol. The van der Waals surface area contributed by atoms with Gasteiger partial charge in [0.25, 0.3) is 5.91 Å². The number of carbonyl (C=O) groups is 2. The summed E-state index contributed by atoms with van der Waals surface area (Å²) in [5, 5.41) is 2.46. The summed E-state index contributed by atoms with van der Waals surface area (Å²) in [6.07, 6.45) is 0. The van der Waals surface area contributed by atoms with Crippen LogP contribution >= 0.6 is 0 Å². The number of aromatic nitrogens is 1. The van der Waals surface area contributed by atoms with Crippen LogP contribution in [0.15, 0.2) is 23.0 Å². The minimum Gasteiger partial charge on any atom is -0.341 e. The van der Waals surface area contributed by atoms with Gasteiger partial charge in [0.15, 0.2) is 5.78 Å². The standard InChI is InChI=1S/C10H12N2O3/c1-6(7(2)13)11-10(15)8-4-3-5-9(14)12-8/h3-6H,1-2H3,(H,11,15)(H,12,14). The van der Waals surface area contributed by atoms with Gasteiger partial charge in [-0.25, -0.2) is 0 Å². The molecule has 1 aromatic rings. The fourth-order valence-electron chi connectivity index (χ4n) is 0.956. The molecule has 0 fully saturated rings. The molecule has 15 heavy (non-hydrogen) atoms. The molecule has 5 nitrogen and oxygen atoms in total. The van der Waals surface area contributed by atoms with Gasteiger partial charge in [-0.3, -0.25) is 14.4 Å². The first kappa shape index (κ1) is 11.2. The molecule has 0 aliphatic heterocycles. The van der Waals surface area contributed by atoms with Gasteiger partial charge in [-0.15, -0.1) is 0 Å². The van der Waals surface area contributed by atoms with Crippen LogP contribution in [0.5, 0.6) is 0 Å². The van der Waals surface area contributed by atoms with E-state index in [0.29, 0.717) is 0 Å². The van der Waals surface area contributed by atoms with Gasteiger partial charge in [-0.2, -0.15) is 0 Å². The van der Waals surface area contributed by atoms with Gasteiger partial charge >= 0.3 is 0 Å². The van der Waals surface area contributed by atoms with Gasteiger partial charge < -0.3 is 10.3 Å². The van der Waals surface area contributed by atoms with Crippen molar-refractivity contribution in [3.05, 3.63) is 34.2 Å². The Balaban J connectivity index is 2.78. The quantitative estimate of drug-likeness (QED) is 0.738. The van der Waals surface area contributed by atoms with E-state index in [4.69, 9.17) is 0 Å². The topological polar surface area (TPSA) is 79.0 Å². The zero-order valence-corrected chi connectivity index (χ0v) is 8.53. The third-order valence-corrected chi connectivity index (χ3v) is 1.97. The van der Waals surface area contributed by atoms with Crippen molar-refractivity contribution in [3.63, 3.8) is 0 Å². The first-order chi connectivity index (χ1) is 7.00. The van der Waals surface area contributed by atoms with Crippen molar-refractivity contribution in [1.29, 1.82) is 0 Å². The van der Waals surface area contributed by atoms with Crippen LogP contribution in [0.4, 0.5) is 0 Å². The Labute approximate surface area is 86.5 Å². The molecule has 2 N–H and O–H groups in total. The number of carbonyl (C=O) groups excluding carboxylic acids is 2. The van der Waals surface area contributed by atoms with Crippen LogP contribution in [0.1, 0.15) is 24.3 Å². The lowest BCUT2D eigenvalue weighted by molar-refractivity contribution is -0.118. The maximum Gasteiger partial charge on any atom is 0.268 e. The highest BCUT2D eigenvalue weighted by Gasteiger charge is 2.12. The van der Waals surface area contributed by atoms with Gasteiger partial charge in [0.2, 0.25) is 5.56 Å². The highest BCUT2D eigenvalue weighted by molar-refractivity contribution is 5.95. The van der Waals surface area contributed by atoms with E-state index in [-0.39, 0.29) is 17.0 Å². The van der Waals surface area contributed by atoms with Crippen molar-refractivity contribution >= 4 is 11.7 Å². The molecule has 1 amide bonds. The average molecular weight is 208 g/mol. The molecule has 0 aromatic carbocycles. The van der Waals surface area contributed by atoms with Crippen molar-refractivity contribution in [1.82, 2.24) is 10.3 Å². The summed E-state index contributed by atoms with van der Waals surface area (Å²) in [4.78, 5) is 35.7. The molecule has 1 aromatic heterocycles.